The number of fused-ring (bicyclic) bond motifs is 2. The van der Waals surface area contributed by atoms with Crippen molar-refractivity contribution in [2.24, 2.45) is 10.9 Å². The van der Waals surface area contributed by atoms with Crippen LogP contribution in [0.2, 0.25) is 0 Å². The molecule has 1 saturated carbocycles. The topological polar surface area (TPSA) is 95.1 Å². The molecule has 2 aromatic rings. The van der Waals surface area contributed by atoms with Crippen LogP contribution in [0, 0.1) is 23.1 Å². The van der Waals surface area contributed by atoms with Crippen LogP contribution < -0.4 is 10.6 Å². The molecule has 2 aliphatic rings. The van der Waals surface area contributed by atoms with Crippen LogP contribution in [-0.2, 0) is 17.8 Å². The number of carbonyl (C=O) groups is 1. The van der Waals surface area contributed by atoms with Crippen LogP contribution in [0.3, 0.4) is 0 Å². The lowest BCUT2D eigenvalue weighted by atomic mass is 9.98. The monoisotopic (exact) mass is 436 g/mol. The maximum absolute atomic E-state index is 14.8. The van der Waals surface area contributed by atoms with E-state index in [1.807, 2.05) is 26.1 Å². The van der Waals surface area contributed by atoms with E-state index in [-0.39, 0.29) is 18.4 Å². The van der Waals surface area contributed by atoms with Gasteiger partial charge in [0, 0.05) is 29.9 Å². The zero-order valence-electron chi connectivity index (χ0n) is 18.5. The third-order valence-corrected chi connectivity index (χ3v) is 6.32. The zero-order valence-corrected chi connectivity index (χ0v) is 18.5. The normalized spacial score (nSPS) is 22.4. The number of amides is 1. The molecule has 7 nitrogen and oxygen atoms in total. The summed E-state index contributed by atoms with van der Waals surface area (Å²) in [7, 11) is 0. The molecule has 2 fully saturated rings. The van der Waals surface area contributed by atoms with Crippen LogP contribution in [0.1, 0.15) is 38.7 Å². The van der Waals surface area contributed by atoms with E-state index in [2.05, 4.69) is 26.8 Å². The van der Waals surface area contributed by atoms with Gasteiger partial charge in [-0.2, -0.15) is 10.4 Å². The van der Waals surface area contributed by atoms with E-state index in [0.29, 0.717) is 30.6 Å². The average molecular weight is 437 g/mol. The molecule has 8 heteroatoms. The number of benzene rings is 1. The molecular weight excluding hydrogens is 407 g/mol. The summed E-state index contributed by atoms with van der Waals surface area (Å²) in [5.41, 5.74) is 2.96. The van der Waals surface area contributed by atoms with Crippen molar-refractivity contribution in [2.75, 3.05) is 6.54 Å². The van der Waals surface area contributed by atoms with E-state index < -0.39 is 11.9 Å². The molecule has 1 aromatic heterocycles. The minimum atomic E-state index is -0.769. The number of piperidine rings is 1. The molecule has 1 saturated heterocycles. The minimum Gasteiger partial charge on any atom is -0.339 e. The van der Waals surface area contributed by atoms with Crippen LogP contribution in [-0.4, -0.2) is 46.1 Å². The number of rotatable bonds is 8. The van der Waals surface area contributed by atoms with E-state index >= 15 is 0 Å². The first-order valence-electron chi connectivity index (χ1n) is 11.2. The first-order chi connectivity index (χ1) is 15.4. The zero-order chi connectivity index (χ0) is 22.7. The smallest absolute Gasteiger partial charge is 0.238 e. The number of hydrogen-bond acceptors (Lipinski definition) is 5. The van der Waals surface area contributed by atoms with Crippen molar-refractivity contribution in [1.82, 2.24) is 20.4 Å². The van der Waals surface area contributed by atoms with Crippen molar-refractivity contribution < 1.29 is 9.18 Å². The lowest BCUT2D eigenvalue weighted by Gasteiger charge is -2.23. The standard InChI is InChI=1S/C24H29FN6O/c1-15(2)27-7-8-31-14-19(13-28-31)16-3-4-17(22(25)11-16)9-21(12-26)30-24(32)23-18-5-6-20(10-18)29-23/h3-4,11,13-14,18,20-21,23,29H,5-10H2,1-2H3,(H,30,32)/t18-,20+,21-,23-/m0/s1. The van der Waals surface area contributed by atoms with Crippen molar-refractivity contribution in [3.05, 3.63) is 42.0 Å². The highest BCUT2D eigenvalue weighted by molar-refractivity contribution is 5.83. The molecule has 1 aliphatic heterocycles. The molecule has 0 spiro atoms. The largest absolute Gasteiger partial charge is 0.339 e. The number of aromatic nitrogens is 2. The van der Waals surface area contributed by atoms with Crippen LogP contribution in [0.4, 0.5) is 4.39 Å². The highest BCUT2D eigenvalue weighted by Crippen LogP contribution is 2.35. The molecule has 2 bridgehead atoms. The second-order valence-corrected chi connectivity index (χ2v) is 8.94. The molecule has 1 aromatic carbocycles. The Balaban J connectivity index is 1.37. The van der Waals surface area contributed by atoms with Crippen molar-refractivity contribution in [3.63, 3.8) is 0 Å². The number of aliphatic imine (C=N–C) groups is 1. The lowest BCUT2D eigenvalue weighted by molar-refractivity contribution is -0.124. The van der Waals surface area contributed by atoms with E-state index in [4.69, 9.17) is 0 Å². The Morgan fingerprint density at radius 1 is 1.41 bits per heavy atom. The molecule has 0 radical (unpaired) electrons. The number of nitrogens with zero attached hydrogens (tertiary/aromatic N) is 4. The molecule has 4 atom stereocenters. The Kier molecular flexibility index (Phi) is 6.66. The molecule has 0 unspecified atom stereocenters. The Labute approximate surface area is 187 Å². The molecule has 2 N–H and O–H groups in total. The summed E-state index contributed by atoms with van der Waals surface area (Å²) >= 11 is 0. The average Bonchev–Trinajstić information content (AvgIpc) is 3.51. The number of halogens is 1. The van der Waals surface area contributed by atoms with Gasteiger partial charge >= 0.3 is 0 Å². The fraction of sp³-hybridized carbons (Fsp3) is 0.500. The summed E-state index contributed by atoms with van der Waals surface area (Å²) in [5, 5.41) is 20.0. The molecule has 32 heavy (non-hydrogen) atoms. The van der Waals surface area contributed by atoms with Gasteiger partial charge in [0.05, 0.1) is 31.4 Å². The molecule has 2 heterocycles. The van der Waals surface area contributed by atoms with Crippen molar-refractivity contribution in [2.45, 2.75) is 64.2 Å². The van der Waals surface area contributed by atoms with Gasteiger partial charge in [0.25, 0.3) is 0 Å². The van der Waals surface area contributed by atoms with Gasteiger partial charge in [-0.25, -0.2) is 4.39 Å². The second kappa shape index (κ2) is 9.61. The summed E-state index contributed by atoms with van der Waals surface area (Å²) < 4.78 is 16.6. The van der Waals surface area contributed by atoms with Crippen LogP contribution >= 0.6 is 0 Å². The van der Waals surface area contributed by atoms with Crippen molar-refractivity contribution >= 4 is 11.6 Å². The predicted octanol–water partition coefficient (Wildman–Crippen LogP) is 2.86. The SMILES string of the molecule is CC(C)=NCCn1cc(-c2ccc(C[C@@H](C#N)NC(=O)[C@H]3N[C@@H]4CC[C@H]3C4)c(F)c2)cn1. The van der Waals surface area contributed by atoms with Gasteiger partial charge in [-0.3, -0.25) is 14.5 Å². The molecular formula is C24H29FN6O. The van der Waals surface area contributed by atoms with Gasteiger partial charge in [-0.1, -0.05) is 12.1 Å². The summed E-state index contributed by atoms with van der Waals surface area (Å²) in [6.45, 7) is 5.22. The van der Waals surface area contributed by atoms with E-state index in [1.165, 1.54) is 6.07 Å². The fourth-order valence-electron chi connectivity index (χ4n) is 4.66. The Morgan fingerprint density at radius 2 is 2.25 bits per heavy atom. The molecule has 4 rings (SSSR count). The third kappa shape index (κ3) is 5.05. The van der Waals surface area contributed by atoms with Crippen molar-refractivity contribution in [3.8, 4) is 17.2 Å². The number of nitrogens with one attached hydrogen (secondary N) is 2. The highest BCUT2D eigenvalue weighted by Gasteiger charge is 2.43. The van der Waals surface area contributed by atoms with Gasteiger partial charge in [0.1, 0.15) is 11.9 Å². The van der Waals surface area contributed by atoms with Crippen LogP contribution in [0.15, 0.2) is 35.6 Å². The maximum Gasteiger partial charge on any atom is 0.238 e. The van der Waals surface area contributed by atoms with Gasteiger partial charge in [0.15, 0.2) is 0 Å². The maximum atomic E-state index is 14.8. The van der Waals surface area contributed by atoms with Gasteiger partial charge in [-0.15, -0.1) is 0 Å². The molecule has 168 valence electrons. The summed E-state index contributed by atoms with van der Waals surface area (Å²) in [6.07, 6.45) is 6.88. The molecule has 1 amide bonds. The number of carbonyl (C=O) groups excluding carboxylic acids is 1. The van der Waals surface area contributed by atoms with E-state index in [1.54, 1.807) is 16.9 Å². The van der Waals surface area contributed by atoms with Crippen molar-refractivity contribution in [1.29, 1.82) is 5.26 Å². The fourth-order valence-corrected chi connectivity index (χ4v) is 4.66. The third-order valence-electron chi connectivity index (χ3n) is 6.32. The second-order valence-electron chi connectivity index (χ2n) is 8.94. The number of nitriles is 1. The Bertz CT molecular complexity index is 1050. The van der Waals surface area contributed by atoms with E-state index in [0.717, 1.165) is 36.1 Å². The minimum absolute atomic E-state index is 0.128. The van der Waals surface area contributed by atoms with Gasteiger partial charge in [0.2, 0.25) is 5.91 Å². The van der Waals surface area contributed by atoms with Crippen LogP contribution in [0.25, 0.3) is 11.1 Å². The summed E-state index contributed by atoms with van der Waals surface area (Å²) in [5.74, 6) is -0.209. The first-order valence-corrected chi connectivity index (χ1v) is 11.2. The quantitative estimate of drug-likeness (QED) is 0.622. The number of hydrogen-bond donors (Lipinski definition) is 2. The molecule has 1 aliphatic carbocycles. The van der Waals surface area contributed by atoms with Gasteiger partial charge in [-0.05, 0) is 56.2 Å². The van der Waals surface area contributed by atoms with E-state index in [9.17, 15) is 14.4 Å². The first kappa shape index (κ1) is 22.2. The Morgan fingerprint density at radius 3 is 2.91 bits per heavy atom. The summed E-state index contributed by atoms with van der Waals surface area (Å²) in [6, 6.07) is 6.47. The van der Waals surface area contributed by atoms with Crippen LogP contribution in [0.5, 0.6) is 0 Å². The van der Waals surface area contributed by atoms with Gasteiger partial charge < -0.3 is 10.6 Å². The lowest BCUT2D eigenvalue weighted by Crippen LogP contribution is -2.50. The Hall–Kier alpha value is -3.05. The predicted molar refractivity (Wildman–Crippen MR) is 121 cm³/mol. The highest BCUT2D eigenvalue weighted by atomic mass is 19.1. The summed E-state index contributed by atoms with van der Waals surface area (Å²) in [4.78, 5) is 17.0.